The van der Waals surface area contributed by atoms with Crippen LogP contribution in [0.3, 0.4) is 0 Å². The van der Waals surface area contributed by atoms with Crippen LogP contribution in [0.15, 0.2) is 47.6 Å². The summed E-state index contributed by atoms with van der Waals surface area (Å²) in [5.74, 6) is 0.179. The summed E-state index contributed by atoms with van der Waals surface area (Å²) in [5.41, 5.74) is 2.39. The van der Waals surface area contributed by atoms with Crippen molar-refractivity contribution < 1.29 is 20.2 Å². The van der Waals surface area contributed by atoms with Crippen LogP contribution in [0.2, 0.25) is 0 Å². The number of nitrogens with zero attached hydrogens (tertiary/aromatic N) is 2. The van der Waals surface area contributed by atoms with Crippen molar-refractivity contribution in [3.05, 3.63) is 53.9 Å². The molecule has 1 heterocycles. The molecule has 0 saturated heterocycles. The number of phenols is 1. The third kappa shape index (κ3) is 4.49. The SMILES string of the molecule is Cc1ccc(O)c(N=Cc2ccccn2)c1.[Cl][Cu]. The van der Waals surface area contributed by atoms with Crippen molar-refractivity contribution in [2.75, 3.05) is 0 Å². The standard InChI is InChI=1S/C13H12N2O.ClH.Cu/c1-10-5-6-13(16)12(8-10)15-9-11-4-2-3-7-14-11;;/h2-9,16H,1H3;1H;/q;;+1/p-1. The van der Waals surface area contributed by atoms with E-state index in [1.165, 1.54) is 0 Å². The Balaban J connectivity index is 0.000000771. The second-order valence-corrected chi connectivity index (χ2v) is 3.50. The predicted octanol–water partition coefficient (Wildman–Crippen LogP) is 3.53. The van der Waals surface area contributed by atoms with Crippen LogP contribution < -0.4 is 0 Å². The van der Waals surface area contributed by atoms with Crippen LogP contribution in [-0.4, -0.2) is 16.3 Å². The first-order chi connectivity index (χ1) is 8.75. The van der Waals surface area contributed by atoms with Crippen molar-refractivity contribution in [2.24, 2.45) is 4.99 Å². The summed E-state index contributed by atoms with van der Waals surface area (Å²) in [4.78, 5) is 8.31. The average Bonchev–Trinajstić information content (AvgIpc) is 2.43. The van der Waals surface area contributed by atoms with Gasteiger partial charge in [-0.3, -0.25) is 9.98 Å². The van der Waals surface area contributed by atoms with Gasteiger partial charge < -0.3 is 5.11 Å². The van der Waals surface area contributed by atoms with Crippen LogP contribution in [-0.2, 0) is 15.1 Å². The molecule has 0 radical (unpaired) electrons. The molecule has 0 unspecified atom stereocenters. The van der Waals surface area contributed by atoms with Gasteiger partial charge in [0.2, 0.25) is 0 Å². The van der Waals surface area contributed by atoms with E-state index < -0.39 is 0 Å². The number of aromatic hydroxyl groups is 1. The zero-order valence-electron chi connectivity index (χ0n) is 9.64. The Kier molecular flexibility index (Phi) is 6.44. The van der Waals surface area contributed by atoms with Crippen molar-refractivity contribution >= 4 is 22.0 Å². The summed E-state index contributed by atoms with van der Waals surface area (Å²) in [6, 6.07) is 10.9. The van der Waals surface area contributed by atoms with Gasteiger partial charge in [0.25, 0.3) is 0 Å². The molecule has 1 aromatic carbocycles. The minimum atomic E-state index is 0.179. The molecule has 0 aliphatic carbocycles. The number of phenolic OH excluding ortho intramolecular Hbond substituents is 1. The van der Waals surface area contributed by atoms with Crippen molar-refractivity contribution in [1.29, 1.82) is 0 Å². The molecule has 0 spiro atoms. The fraction of sp³-hybridized carbons (Fsp3) is 0.0769. The summed E-state index contributed by atoms with van der Waals surface area (Å²) in [6.07, 6.45) is 3.34. The molecule has 0 saturated carbocycles. The van der Waals surface area contributed by atoms with E-state index in [0.29, 0.717) is 5.69 Å². The molecular weight excluding hydrogens is 299 g/mol. The number of aromatic nitrogens is 1. The van der Waals surface area contributed by atoms with E-state index in [1.807, 2.05) is 37.3 Å². The van der Waals surface area contributed by atoms with E-state index in [4.69, 9.17) is 0 Å². The summed E-state index contributed by atoms with van der Waals surface area (Å²) in [6.45, 7) is 1.96. The first-order valence-corrected chi connectivity index (χ1v) is 6.41. The number of halogens is 1. The molecule has 0 atom stereocenters. The quantitative estimate of drug-likeness (QED) is 0.681. The van der Waals surface area contributed by atoms with Gasteiger partial charge in [0, 0.05) is 6.20 Å². The number of aryl methyl sites for hydroxylation is 1. The topological polar surface area (TPSA) is 45.5 Å². The molecular formula is C13H12ClCuN2O. The van der Waals surface area contributed by atoms with Crippen molar-refractivity contribution in [2.45, 2.75) is 6.92 Å². The van der Waals surface area contributed by atoms with Gasteiger partial charge >= 0.3 is 25.2 Å². The molecule has 2 aromatic rings. The average molecular weight is 311 g/mol. The Bertz CT molecular complexity index is 518. The van der Waals surface area contributed by atoms with Crippen LogP contribution in [0, 0.1) is 6.92 Å². The van der Waals surface area contributed by atoms with Crippen LogP contribution in [0.4, 0.5) is 5.69 Å². The minimum absolute atomic E-state index is 0.179. The maximum absolute atomic E-state index is 9.58. The number of aliphatic imine (C=N–C) groups is 1. The fourth-order valence-electron chi connectivity index (χ4n) is 1.32. The Labute approximate surface area is 119 Å². The number of rotatable bonds is 2. The maximum atomic E-state index is 9.58. The van der Waals surface area contributed by atoms with Gasteiger partial charge in [0.15, 0.2) is 0 Å². The van der Waals surface area contributed by atoms with Crippen LogP contribution in [0.25, 0.3) is 0 Å². The van der Waals surface area contributed by atoms with E-state index >= 15 is 0 Å². The molecule has 1 N–H and O–H groups in total. The van der Waals surface area contributed by atoms with Gasteiger partial charge in [-0.1, -0.05) is 12.1 Å². The van der Waals surface area contributed by atoms with Crippen LogP contribution in [0.5, 0.6) is 5.75 Å². The first-order valence-electron chi connectivity index (χ1n) is 5.12. The van der Waals surface area contributed by atoms with Crippen LogP contribution >= 0.6 is 10.1 Å². The molecule has 0 aliphatic heterocycles. The van der Waals surface area contributed by atoms with Crippen molar-refractivity contribution in [3.8, 4) is 5.75 Å². The third-order valence-electron chi connectivity index (χ3n) is 2.15. The van der Waals surface area contributed by atoms with E-state index in [2.05, 4.69) is 35.2 Å². The monoisotopic (exact) mass is 310 g/mol. The van der Waals surface area contributed by atoms with E-state index in [-0.39, 0.29) is 5.75 Å². The summed E-state index contributed by atoms with van der Waals surface area (Å²) in [5, 5.41) is 9.58. The molecule has 2 rings (SSSR count). The first kappa shape index (κ1) is 14.7. The Morgan fingerprint density at radius 3 is 2.72 bits per heavy atom. The van der Waals surface area contributed by atoms with Gasteiger partial charge in [0.05, 0.1) is 11.9 Å². The molecule has 98 valence electrons. The number of hydrogen-bond acceptors (Lipinski definition) is 3. The second kappa shape index (κ2) is 7.88. The fourth-order valence-corrected chi connectivity index (χ4v) is 1.32. The van der Waals surface area contributed by atoms with Gasteiger partial charge in [-0.05, 0) is 36.8 Å². The molecule has 5 heteroatoms. The Hall–Kier alpha value is -1.35. The summed E-state index contributed by atoms with van der Waals surface area (Å²) in [7, 11) is 4.20. The Morgan fingerprint density at radius 2 is 2.06 bits per heavy atom. The summed E-state index contributed by atoms with van der Waals surface area (Å²) >= 11 is 3.66. The number of hydrogen-bond donors (Lipinski definition) is 1. The predicted molar refractivity (Wildman–Crippen MR) is 70.2 cm³/mol. The Morgan fingerprint density at radius 1 is 1.28 bits per heavy atom. The van der Waals surface area contributed by atoms with Crippen molar-refractivity contribution in [3.63, 3.8) is 0 Å². The van der Waals surface area contributed by atoms with Crippen LogP contribution in [0.1, 0.15) is 11.3 Å². The zero-order valence-corrected chi connectivity index (χ0v) is 11.3. The molecule has 3 nitrogen and oxygen atoms in total. The number of pyridine rings is 1. The van der Waals surface area contributed by atoms with E-state index in [0.717, 1.165) is 11.3 Å². The van der Waals surface area contributed by atoms with Gasteiger partial charge in [-0.25, -0.2) is 0 Å². The van der Waals surface area contributed by atoms with Gasteiger partial charge in [0.1, 0.15) is 11.4 Å². The van der Waals surface area contributed by atoms with Crippen molar-refractivity contribution in [1.82, 2.24) is 4.98 Å². The van der Waals surface area contributed by atoms with E-state index in [1.54, 1.807) is 18.5 Å². The molecule has 0 aliphatic rings. The third-order valence-corrected chi connectivity index (χ3v) is 2.15. The van der Waals surface area contributed by atoms with Gasteiger partial charge in [-0.15, -0.1) is 0 Å². The zero-order chi connectivity index (χ0) is 13.4. The normalized spacial score (nSPS) is 10.0. The molecule has 1 aromatic heterocycles. The summed E-state index contributed by atoms with van der Waals surface area (Å²) < 4.78 is 0. The molecule has 0 fully saturated rings. The molecule has 0 bridgehead atoms. The molecule has 18 heavy (non-hydrogen) atoms. The van der Waals surface area contributed by atoms with E-state index in [9.17, 15) is 5.11 Å². The van der Waals surface area contributed by atoms with Gasteiger partial charge in [-0.2, -0.15) is 0 Å². The molecule has 0 amide bonds. The second-order valence-electron chi connectivity index (χ2n) is 3.50. The number of benzene rings is 1.